The van der Waals surface area contributed by atoms with Crippen molar-refractivity contribution in [2.75, 3.05) is 6.54 Å². The smallest absolute Gasteiger partial charge is 0.306 e. The largest absolute Gasteiger partial charge is 0.494 e. The molecule has 1 heterocycles. The summed E-state index contributed by atoms with van der Waals surface area (Å²) in [5.74, 6) is 4.49. The van der Waals surface area contributed by atoms with Crippen LogP contribution in [0.15, 0.2) is 23.0 Å². The van der Waals surface area contributed by atoms with Crippen molar-refractivity contribution in [1.82, 2.24) is 5.32 Å². The SMILES string of the molecule is CCCC(=O)O[C@H]1CC[C@@]2(C)C(=CC[C@H]3[C@@H]4C[C@@H]5OC(CC[C@@H](C)CNC(C)=O)=C(C)[C@@H]5[C@@]4(C)CC[C@@H]32)C1. The summed E-state index contributed by atoms with van der Waals surface area (Å²) in [6.45, 7) is 14.0. The summed E-state index contributed by atoms with van der Waals surface area (Å²) in [6.07, 6.45) is 14.5. The highest BCUT2D eigenvalue weighted by Crippen LogP contribution is 2.69. The predicted octanol–water partition coefficient (Wildman–Crippen LogP) is 7.11. The highest BCUT2D eigenvalue weighted by molar-refractivity contribution is 5.72. The van der Waals surface area contributed by atoms with Crippen LogP contribution in [0, 0.1) is 40.4 Å². The number of carbonyl (C=O) groups excluding carboxylic acids is 2. The molecule has 9 atom stereocenters. The molecule has 0 saturated heterocycles. The second-order valence-corrected chi connectivity index (χ2v) is 14.0. The molecule has 0 unspecified atom stereocenters. The molecule has 38 heavy (non-hydrogen) atoms. The fourth-order valence-electron chi connectivity index (χ4n) is 9.56. The van der Waals surface area contributed by atoms with Gasteiger partial charge in [-0.3, -0.25) is 9.59 Å². The van der Waals surface area contributed by atoms with Gasteiger partial charge in [-0.15, -0.1) is 0 Å². The summed E-state index contributed by atoms with van der Waals surface area (Å²) in [5.41, 5.74) is 3.67. The van der Waals surface area contributed by atoms with E-state index in [1.54, 1.807) is 12.5 Å². The molecular weight excluding hydrogens is 474 g/mol. The Bertz CT molecular complexity index is 999. The molecule has 1 amide bonds. The minimum Gasteiger partial charge on any atom is -0.494 e. The van der Waals surface area contributed by atoms with Crippen LogP contribution in [0.5, 0.6) is 0 Å². The van der Waals surface area contributed by atoms with Crippen LogP contribution in [-0.4, -0.2) is 30.6 Å². The van der Waals surface area contributed by atoms with Crippen molar-refractivity contribution < 1.29 is 19.1 Å². The van der Waals surface area contributed by atoms with Crippen molar-refractivity contribution >= 4 is 11.9 Å². The molecule has 0 aromatic rings. The lowest BCUT2D eigenvalue weighted by Gasteiger charge is -2.58. The van der Waals surface area contributed by atoms with E-state index >= 15 is 0 Å². The van der Waals surface area contributed by atoms with Crippen LogP contribution in [0.1, 0.15) is 112 Å². The average molecular weight is 526 g/mol. The molecule has 0 radical (unpaired) electrons. The Kier molecular flexibility index (Phi) is 7.79. The van der Waals surface area contributed by atoms with E-state index in [-0.39, 0.29) is 23.4 Å². The zero-order valence-electron chi connectivity index (χ0n) is 24.7. The third-order valence-electron chi connectivity index (χ3n) is 11.6. The lowest BCUT2D eigenvalue weighted by Crippen LogP contribution is -2.50. The molecule has 5 rings (SSSR count). The Morgan fingerprint density at radius 2 is 2.00 bits per heavy atom. The number of allylic oxidation sites excluding steroid dienone is 2. The summed E-state index contributed by atoms with van der Waals surface area (Å²) < 4.78 is 12.6. The van der Waals surface area contributed by atoms with E-state index in [0.29, 0.717) is 29.8 Å². The number of nitrogens with one attached hydrogen (secondary N) is 1. The van der Waals surface area contributed by atoms with Crippen molar-refractivity contribution in [1.29, 1.82) is 0 Å². The Morgan fingerprint density at radius 1 is 1.21 bits per heavy atom. The maximum Gasteiger partial charge on any atom is 0.306 e. The molecule has 0 spiro atoms. The molecule has 3 fully saturated rings. The van der Waals surface area contributed by atoms with Crippen LogP contribution in [0.2, 0.25) is 0 Å². The Balaban J connectivity index is 1.26. The summed E-state index contributed by atoms with van der Waals surface area (Å²) in [6, 6.07) is 0. The number of ether oxygens (including phenoxy) is 2. The summed E-state index contributed by atoms with van der Waals surface area (Å²) in [7, 11) is 0. The van der Waals surface area contributed by atoms with E-state index in [1.807, 2.05) is 6.92 Å². The molecule has 212 valence electrons. The first-order valence-electron chi connectivity index (χ1n) is 15.6. The fraction of sp³-hybridized carbons (Fsp3) is 0.818. The lowest BCUT2D eigenvalue weighted by atomic mass is 9.47. The van der Waals surface area contributed by atoms with Crippen LogP contribution >= 0.6 is 0 Å². The maximum absolute atomic E-state index is 12.1. The van der Waals surface area contributed by atoms with Gasteiger partial charge in [0.05, 0.1) is 5.76 Å². The van der Waals surface area contributed by atoms with Gasteiger partial charge in [0.1, 0.15) is 12.2 Å². The molecule has 3 saturated carbocycles. The van der Waals surface area contributed by atoms with Crippen LogP contribution in [0.4, 0.5) is 0 Å². The van der Waals surface area contributed by atoms with E-state index in [1.165, 1.54) is 37.0 Å². The molecule has 4 aliphatic carbocycles. The molecule has 0 aromatic heterocycles. The molecule has 1 N–H and O–H groups in total. The molecule has 1 aliphatic heterocycles. The molecule has 5 aliphatic rings. The zero-order chi connectivity index (χ0) is 27.2. The second kappa shape index (κ2) is 10.7. The minimum absolute atomic E-state index is 0.0219. The summed E-state index contributed by atoms with van der Waals surface area (Å²) in [5, 5.41) is 2.96. The molecule has 0 aromatic carbocycles. The third-order valence-corrected chi connectivity index (χ3v) is 11.6. The normalized spacial score (nSPS) is 40.2. The van der Waals surface area contributed by atoms with E-state index in [0.717, 1.165) is 62.8 Å². The van der Waals surface area contributed by atoms with Gasteiger partial charge < -0.3 is 14.8 Å². The van der Waals surface area contributed by atoms with Gasteiger partial charge in [-0.25, -0.2) is 0 Å². The van der Waals surface area contributed by atoms with Gasteiger partial charge in [-0.05, 0) is 98.4 Å². The van der Waals surface area contributed by atoms with Gasteiger partial charge in [0, 0.05) is 38.6 Å². The lowest BCUT2D eigenvalue weighted by molar-refractivity contribution is -0.151. The van der Waals surface area contributed by atoms with Gasteiger partial charge >= 0.3 is 5.97 Å². The van der Waals surface area contributed by atoms with Crippen LogP contribution < -0.4 is 5.32 Å². The maximum atomic E-state index is 12.1. The van der Waals surface area contributed by atoms with Crippen molar-refractivity contribution in [3.63, 3.8) is 0 Å². The van der Waals surface area contributed by atoms with Gasteiger partial charge in [0.2, 0.25) is 5.91 Å². The third kappa shape index (κ3) is 4.85. The van der Waals surface area contributed by atoms with Crippen molar-refractivity contribution in [3.8, 4) is 0 Å². The zero-order valence-corrected chi connectivity index (χ0v) is 24.7. The highest BCUT2D eigenvalue weighted by Gasteiger charge is 2.63. The molecule has 0 bridgehead atoms. The van der Waals surface area contributed by atoms with Crippen LogP contribution in [-0.2, 0) is 19.1 Å². The first-order valence-corrected chi connectivity index (χ1v) is 15.6. The monoisotopic (exact) mass is 525 g/mol. The first-order chi connectivity index (χ1) is 18.1. The number of carbonyl (C=O) groups is 2. The summed E-state index contributed by atoms with van der Waals surface area (Å²) in [4.78, 5) is 23.4. The first kappa shape index (κ1) is 27.8. The van der Waals surface area contributed by atoms with Crippen LogP contribution in [0.25, 0.3) is 0 Å². The topological polar surface area (TPSA) is 64.6 Å². The van der Waals surface area contributed by atoms with E-state index in [9.17, 15) is 9.59 Å². The quantitative estimate of drug-likeness (QED) is 0.271. The Morgan fingerprint density at radius 3 is 2.74 bits per heavy atom. The molecule has 5 heteroatoms. The number of esters is 1. The number of amides is 1. The van der Waals surface area contributed by atoms with Crippen molar-refractivity contribution in [2.24, 2.45) is 40.4 Å². The fourth-order valence-corrected chi connectivity index (χ4v) is 9.56. The van der Waals surface area contributed by atoms with E-state index < -0.39 is 0 Å². The average Bonchev–Trinajstić information content (AvgIpc) is 3.34. The molecular formula is C33H51NO4. The van der Waals surface area contributed by atoms with Gasteiger partial charge in [-0.2, -0.15) is 0 Å². The number of hydrogen-bond acceptors (Lipinski definition) is 4. The van der Waals surface area contributed by atoms with Crippen molar-refractivity contribution in [2.45, 2.75) is 124 Å². The molecule has 5 nitrogen and oxygen atoms in total. The van der Waals surface area contributed by atoms with Gasteiger partial charge in [-0.1, -0.05) is 39.3 Å². The number of rotatable bonds is 8. The highest BCUT2D eigenvalue weighted by atomic mass is 16.5. The summed E-state index contributed by atoms with van der Waals surface area (Å²) >= 11 is 0. The minimum atomic E-state index is -0.0219. The van der Waals surface area contributed by atoms with Crippen LogP contribution in [0.3, 0.4) is 0 Å². The van der Waals surface area contributed by atoms with Gasteiger partial charge in [0.15, 0.2) is 0 Å². The number of hydrogen-bond donors (Lipinski definition) is 1. The predicted molar refractivity (Wildman–Crippen MR) is 150 cm³/mol. The van der Waals surface area contributed by atoms with E-state index in [4.69, 9.17) is 9.47 Å². The Labute approximate surface area is 230 Å². The van der Waals surface area contributed by atoms with Crippen molar-refractivity contribution in [3.05, 3.63) is 23.0 Å². The standard InChI is InChI=1S/C33H51NO4/c1-7-8-30(36)37-24-13-15-32(5)23(17-24)10-11-25-26(32)14-16-33(6)27(25)18-29-31(33)21(3)28(38-29)12-9-20(2)19-34-22(4)35/h10,20,24-27,29,31H,7-9,11-19H2,1-6H3,(H,34,35)/t20-,24+,25-,26+,27+,29+,31+,32+,33+/m1/s1. The second-order valence-electron chi connectivity index (χ2n) is 14.0. The van der Waals surface area contributed by atoms with E-state index in [2.05, 4.69) is 39.1 Å². The Hall–Kier alpha value is -1.78. The number of fused-ring (bicyclic) bond motifs is 7. The van der Waals surface area contributed by atoms with Gasteiger partial charge in [0.25, 0.3) is 0 Å².